The van der Waals surface area contributed by atoms with Crippen LogP contribution in [0.2, 0.25) is 0 Å². The second-order valence-corrected chi connectivity index (χ2v) is 12.7. The molecule has 0 spiro atoms. The lowest BCUT2D eigenvalue weighted by molar-refractivity contribution is -0.179. The average Bonchev–Trinajstić information content (AvgIpc) is 3.51. The fourth-order valence-corrected chi connectivity index (χ4v) is 5.67. The van der Waals surface area contributed by atoms with E-state index < -0.39 is 28.5 Å². The summed E-state index contributed by atoms with van der Waals surface area (Å²) in [4.78, 5) is 30.0. The summed E-state index contributed by atoms with van der Waals surface area (Å²) in [6.07, 6.45) is 0. The van der Waals surface area contributed by atoms with Crippen LogP contribution in [-0.2, 0) is 41.6 Å². The Morgan fingerprint density at radius 2 is 1.33 bits per heavy atom. The van der Waals surface area contributed by atoms with Crippen molar-refractivity contribution in [1.82, 2.24) is 4.90 Å². The van der Waals surface area contributed by atoms with Crippen LogP contribution in [-0.4, -0.2) is 60.5 Å². The third kappa shape index (κ3) is 7.07. The van der Waals surface area contributed by atoms with E-state index in [9.17, 15) is 9.59 Å². The van der Waals surface area contributed by atoms with Gasteiger partial charge in [-0.15, -0.1) is 0 Å². The number of carbonyl (C=O) groups is 2. The maximum Gasteiger partial charge on any atom is 0.317 e. The smallest absolute Gasteiger partial charge is 0.317 e. The van der Waals surface area contributed by atoms with Gasteiger partial charge in [-0.05, 0) is 52.7 Å². The number of rotatable bonds is 8. The minimum absolute atomic E-state index is 0.153. The van der Waals surface area contributed by atoms with Crippen molar-refractivity contribution in [2.24, 2.45) is 17.3 Å². The molecule has 2 aromatic rings. The van der Waals surface area contributed by atoms with Crippen molar-refractivity contribution in [2.45, 2.75) is 71.9 Å². The van der Waals surface area contributed by atoms with Crippen LogP contribution in [0.1, 0.15) is 52.7 Å². The van der Waals surface area contributed by atoms with Crippen molar-refractivity contribution in [3.8, 4) is 0 Å². The molecule has 7 nitrogen and oxygen atoms in total. The average molecular weight is 538 g/mol. The number of carbonyl (C=O) groups excluding carboxylic acids is 2. The highest BCUT2D eigenvalue weighted by Crippen LogP contribution is 2.48. The highest BCUT2D eigenvalue weighted by atomic mass is 16.6. The molecule has 0 N–H and O–H groups in total. The molecular formula is C32H43NO6. The number of hydrogen-bond acceptors (Lipinski definition) is 7. The molecule has 2 fully saturated rings. The summed E-state index contributed by atoms with van der Waals surface area (Å²) in [6, 6.07) is 20.1. The van der Waals surface area contributed by atoms with Gasteiger partial charge in [0.2, 0.25) is 0 Å². The van der Waals surface area contributed by atoms with Crippen LogP contribution in [0.3, 0.4) is 0 Å². The Hall–Kier alpha value is -2.74. The summed E-state index contributed by atoms with van der Waals surface area (Å²) in [5.74, 6) is -1.76. The maximum atomic E-state index is 14.3. The lowest BCUT2D eigenvalue weighted by Crippen LogP contribution is -2.58. The molecule has 0 amide bonds. The summed E-state index contributed by atoms with van der Waals surface area (Å²) >= 11 is 0. The SMILES string of the molecule is CC(C)(C)OC(=O)[C@@H]1COC[C@@H]1[C@@]1(C(=O)OC(C)(C)C)COC[C@@H]1N(Cc1ccccc1)Cc1ccccc1. The summed E-state index contributed by atoms with van der Waals surface area (Å²) in [5, 5.41) is 0. The number of hydrogen-bond donors (Lipinski definition) is 0. The van der Waals surface area contributed by atoms with E-state index in [1.54, 1.807) is 0 Å². The third-order valence-corrected chi connectivity index (χ3v) is 7.34. The first kappa shape index (κ1) is 29.2. The van der Waals surface area contributed by atoms with Gasteiger partial charge < -0.3 is 18.9 Å². The van der Waals surface area contributed by atoms with Crippen molar-refractivity contribution in [3.63, 3.8) is 0 Å². The van der Waals surface area contributed by atoms with E-state index in [1.807, 2.05) is 77.9 Å². The van der Waals surface area contributed by atoms with Crippen molar-refractivity contribution in [1.29, 1.82) is 0 Å². The standard InChI is InChI=1S/C32H43NO6/c1-30(2,3)38-28(34)25-19-36-20-26(25)32(29(35)39-31(4,5)6)22-37-21-27(32)33(17-23-13-9-7-10-14-23)18-24-15-11-8-12-16-24/h7-16,25-27H,17-22H2,1-6H3/t25-,26+,27+,32+/m1/s1. The van der Waals surface area contributed by atoms with Gasteiger partial charge in [0.15, 0.2) is 0 Å². The second-order valence-electron chi connectivity index (χ2n) is 12.7. The van der Waals surface area contributed by atoms with E-state index in [4.69, 9.17) is 18.9 Å². The van der Waals surface area contributed by atoms with E-state index >= 15 is 0 Å². The van der Waals surface area contributed by atoms with Gasteiger partial charge in [-0.3, -0.25) is 14.5 Å². The minimum Gasteiger partial charge on any atom is -0.460 e. The predicted octanol–water partition coefficient (Wildman–Crippen LogP) is 5.02. The number of nitrogens with zero attached hydrogens (tertiary/aromatic N) is 1. The Morgan fingerprint density at radius 1 is 0.795 bits per heavy atom. The Morgan fingerprint density at radius 3 is 1.85 bits per heavy atom. The van der Waals surface area contributed by atoms with Gasteiger partial charge in [0, 0.05) is 19.0 Å². The molecule has 2 saturated heterocycles. The van der Waals surface area contributed by atoms with Crippen molar-refractivity contribution in [2.75, 3.05) is 26.4 Å². The molecule has 0 aromatic heterocycles. The van der Waals surface area contributed by atoms with Gasteiger partial charge in [0.25, 0.3) is 0 Å². The second kappa shape index (κ2) is 11.8. The molecular weight excluding hydrogens is 494 g/mol. The first-order chi connectivity index (χ1) is 18.4. The van der Waals surface area contributed by atoms with Gasteiger partial charge in [0.1, 0.15) is 16.6 Å². The van der Waals surface area contributed by atoms with E-state index in [0.29, 0.717) is 19.7 Å². The molecule has 0 bridgehead atoms. The van der Waals surface area contributed by atoms with Crippen molar-refractivity contribution in [3.05, 3.63) is 71.8 Å². The Kier molecular flexibility index (Phi) is 8.84. The molecule has 39 heavy (non-hydrogen) atoms. The lowest BCUT2D eigenvalue weighted by atomic mass is 9.66. The van der Waals surface area contributed by atoms with Gasteiger partial charge in [0.05, 0.1) is 38.4 Å². The zero-order valence-corrected chi connectivity index (χ0v) is 24.1. The van der Waals surface area contributed by atoms with Crippen molar-refractivity contribution < 1.29 is 28.5 Å². The van der Waals surface area contributed by atoms with E-state index in [0.717, 1.165) is 11.1 Å². The van der Waals surface area contributed by atoms with Crippen molar-refractivity contribution >= 4 is 11.9 Å². The Balaban J connectivity index is 1.77. The quantitative estimate of drug-likeness (QED) is 0.438. The molecule has 0 aliphatic carbocycles. The molecule has 4 atom stereocenters. The molecule has 2 aliphatic rings. The largest absolute Gasteiger partial charge is 0.460 e. The fourth-order valence-electron chi connectivity index (χ4n) is 5.67. The Bertz CT molecular complexity index is 1070. The van der Waals surface area contributed by atoms with Crippen LogP contribution in [0, 0.1) is 17.3 Å². The highest BCUT2D eigenvalue weighted by Gasteiger charge is 2.63. The van der Waals surface area contributed by atoms with Gasteiger partial charge >= 0.3 is 11.9 Å². The fraction of sp³-hybridized carbons (Fsp3) is 0.562. The predicted molar refractivity (Wildman–Crippen MR) is 149 cm³/mol. The molecule has 4 rings (SSSR count). The number of benzene rings is 2. The molecule has 0 unspecified atom stereocenters. The molecule has 0 saturated carbocycles. The zero-order chi connectivity index (χ0) is 28.3. The summed E-state index contributed by atoms with van der Waals surface area (Å²) in [5.41, 5.74) is -0.215. The molecule has 0 radical (unpaired) electrons. The summed E-state index contributed by atoms with van der Waals surface area (Å²) in [7, 11) is 0. The normalized spacial score (nSPS) is 25.6. The van der Waals surface area contributed by atoms with E-state index in [1.165, 1.54) is 0 Å². The molecule has 212 valence electrons. The Labute approximate surface area is 232 Å². The molecule has 2 aromatic carbocycles. The summed E-state index contributed by atoms with van der Waals surface area (Å²) in [6.45, 7) is 13.3. The van der Waals surface area contributed by atoms with Crippen LogP contribution in [0.5, 0.6) is 0 Å². The molecule has 7 heteroatoms. The first-order valence-corrected chi connectivity index (χ1v) is 13.8. The maximum absolute atomic E-state index is 14.3. The van der Waals surface area contributed by atoms with E-state index in [2.05, 4.69) is 29.2 Å². The number of ether oxygens (including phenoxy) is 4. The first-order valence-electron chi connectivity index (χ1n) is 13.8. The van der Waals surface area contributed by atoms with Gasteiger partial charge in [-0.2, -0.15) is 0 Å². The number of esters is 2. The summed E-state index contributed by atoms with van der Waals surface area (Å²) < 4.78 is 24.0. The van der Waals surface area contributed by atoms with Gasteiger partial charge in [-0.1, -0.05) is 60.7 Å². The minimum atomic E-state index is -1.12. The zero-order valence-electron chi connectivity index (χ0n) is 24.1. The van der Waals surface area contributed by atoms with Crippen LogP contribution in [0.4, 0.5) is 0 Å². The van der Waals surface area contributed by atoms with Crippen LogP contribution >= 0.6 is 0 Å². The van der Waals surface area contributed by atoms with Crippen LogP contribution in [0.15, 0.2) is 60.7 Å². The molecule has 2 aliphatic heterocycles. The topological polar surface area (TPSA) is 74.3 Å². The monoisotopic (exact) mass is 537 g/mol. The third-order valence-electron chi connectivity index (χ3n) is 7.34. The highest BCUT2D eigenvalue weighted by molar-refractivity contribution is 5.82. The van der Waals surface area contributed by atoms with Gasteiger partial charge in [-0.25, -0.2) is 0 Å². The van der Waals surface area contributed by atoms with Crippen LogP contribution < -0.4 is 0 Å². The van der Waals surface area contributed by atoms with E-state index in [-0.39, 0.29) is 37.8 Å². The molecule has 2 heterocycles. The lowest BCUT2D eigenvalue weighted by Gasteiger charge is -2.44. The van der Waals surface area contributed by atoms with Crippen LogP contribution in [0.25, 0.3) is 0 Å².